The van der Waals surface area contributed by atoms with Gasteiger partial charge in [-0.05, 0) is 6.42 Å². The van der Waals surface area contributed by atoms with E-state index in [1.807, 2.05) is 0 Å². The van der Waals surface area contributed by atoms with Crippen molar-refractivity contribution in [1.29, 1.82) is 0 Å². The quantitative estimate of drug-likeness (QED) is 0.434. The maximum atomic E-state index is 11.8. The lowest BCUT2D eigenvalue weighted by molar-refractivity contribution is -0.157. The van der Waals surface area contributed by atoms with Crippen molar-refractivity contribution in [3.63, 3.8) is 0 Å². The van der Waals surface area contributed by atoms with Gasteiger partial charge in [-0.15, -0.1) is 8.96 Å². The van der Waals surface area contributed by atoms with Crippen LogP contribution in [0.2, 0.25) is 0 Å². The van der Waals surface area contributed by atoms with Gasteiger partial charge < -0.3 is 0 Å². The van der Waals surface area contributed by atoms with Crippen molar-refractivity contribution in [2.24, 2.45) is 0 Å². The van der Waals surface area contributed by atoms with Gasteiger partial charge in [-0.3, -0.25) is 4.79 Å². The number of carbonyl (C=O) groups is 1. The highest BCUT2D eigenvalue weighted by Gasteiger charge is 2.01. The minimum absolute atomic E-state index is 0.0548. The van der Waals surface area contributed by atoms with Crippen molar-refractivity contribution in [1.82, 2.24) is 10.5 Å². The van der Waals surface area contributed by atoms with Gasteiger partial charge in [0.2, 0.25) is 6.41 Å². The summed E-state index contributed by atoms with van der Waals surface area (Å²) in [5.41, 5.74) is 0. The Hall–Kier alpha value is -0.780. The molecule has 0 saturated heterocycles. The maximum absolute atomic E-state index is 11.8. The second-order valence-electron chi connectivity index (χ2n) is 1.61. The molecule has 0 heterocycles. The van der Waals surface area contributed by atoms with E-state index < -0.39 is 11.9 Å². The summed E-state index contributed by atoms with van der Waals surface area (Å²) in [7, 11) is 0. The van der Waals surface area contributed by atoms with Crippen LogP contribution >= 0.6 is 0 Å². The van der Waals surface area contributed by atoms with Crippen LogP contribution in [0.3, 0.4) is 0 Å². The summed E-state index contributed by atoms with van der Waals surface area (Å²) in [6.07, 6.45) is -0.136. The summed E-state index contributed by atoms with van der Waals surface area (Å²) >= 11 is 0. The van der Waals surface area contributed by atoms with E-state index in [0.29, 0.717) is 0 Å². The number of amides is 1. The van der Waals surface area contributed by atoms with Gasteiger partial charge in [0.1, 0.15) is 0 Å². The molecule has 0 aromatic heterocycles. The van der Waals surface area contributed by atoms with Crippen molar-refractivity contribution in [2.75, 3.05) is 13.1 Å². The average Bonchev–Trinajstić information content (AvgIpc) is 1.87. The molecular formula is C4H7F3N2O. The number of rotatable bonds is 5. The molecule has 0 saturated carbocycles. The van der Waals surface area contributed by atoms with Crippen LogP contribution in [0.15, 0.2) is 0 Å². The maximum Gasteiger partial charge on any atom is 0.237 e. The van der Waals surface area contributed by atoms with Gasteiger partial charge in [-0.25, -0.2) is 0 Å². The van der Waals surface area contributed by atoms with Gasteiger partial charge in [0, 0.05) is 5.34 Å². The molecule has 0 N–H and O–H groups in total. The van der Waals surface area contributed by atoms with Gasteiger partial charge in [-0.1, -0.05) is 4.48 Å². The predicted molar refractivity (Wildman–Crippen MR) is 27.4 cm³/mol. The topological polar surface area (TPSA) is 23.6 Å². The second kappa shape index (κ2) is 5.04. The Kier molecular flexibility index (Phi) is 4.65. The van der Waals surface area contributed by atoms with Crippen molar-refractivity contribution in [3.05, 3.63) is 0 Å². The van der Waals surface area contributed by atoms with Crippen LogP contribution in [0.1, 0.15) is 6.42 Å². The fraction of sp³-hybridized carbons (Fsp3) is 0.750. The molecule has 0 bridgehead atoms. The molecule has 0 unspecified atom stereocenters. The number of hydrogen-bond acceptors (Lipinski definition) is 2. The monoisotopic (exact) mass is 156 g/mol. The zero-order chi connectivity index (χ0) is 7.98. The summed E-state index contributed by atoms with van der Waals surface area (Å²) in [4.78, 5) is 9.53. The molecule has 0 aromatic carbocycles. The van der Waals surface area contributed by atoms with Crippen LogP contribution in [-0.2, 0) is 4.79 Å². The fourth-order valence-corrected chi connectivity index (χ4v) is 0.394. The summed E-state index contributed by atoms with van der Waals surface area (Å²) in [5.74, 6) is 0. The second-order valence-corrected chi connectivity index (χ2v) is 1.61. The van der Waals surface area contributed by atoms with E-state index >= 15 is 0 Å². The highest BCUT2D eigenvalue weighted by atomic mass is 19.4. The van der Waals surface area contributed by atoms with Crippen LogP contribution in [0.25, 0.3) is 0 Å². The molecule has 0 aliphatic carbocycles. The van der Waals surface area contributed by atoms with Crippen molar-refractivity contribution in [3.8, 4) is 0 Å². The molecule has 0 atom stereocenters. The Balaban J connectivity index is 3.11. The van der Waals surface area contributed by atoms with Crippen LogP contribution in [-0.4, -0.2) is 30.0 Å². The summed E-state index contributed by atoms with van der Waals surface area (Å²) < 4.78 is 34.2. The minimum atomic E-state index is -1.06. The Morgan fingerprint density at radius 1 is 1.20 bits per heavy atom. The SMILES string of the molecule is O=CN(F)CCCN(F)F. The first-order valence-electron chi connectivity index (χ1n) is 2.63. The van der Waals surface area contributed by atoms with Crippen molar-refractivity contribution in [2.45, 2.75) is 6.42 Å². The van der Waals surface area contributed by atoms with Crippen LogP contribution < -0.4 is 0 Å². The zero-order valence-corrected chi connectivity index (χ0v) is 5.14. The molecule has 0 rings (SSSR count). The standard InChI is InChI=1S/C4H7F3N2O/c5-8(4-10)2-1-3-9(6)7/h4H,1-3H2. The third kappa shape index (κ3) is 5.36. The van der Waals surface area contributed by atoms with E-state index in [2.05, 4.69) is 0 Å². The minimum Gasteiger partial charge on any atom is -0.276 e. The van der Waals surface area contributed by atoms with Gasteiger partial charge in [0.05, 0.1) is 13.1 Å². The highest BCUT2D eigenvalue weighted by Crippen LogP contribution is 1.93. The van der Waals surface area contributed by atoms with E-state index in [4.69, 9.17) is 0 Å². The molecule has 1 amide bonds. The molecule has 0 fully saturated rings. The largest absolute Gasteiger partial charge is 0.276 e. The summed E-state index contributed by atoms with van der Waals surface area (Å²) in [6, 6.07) is 0. The normalized spacial score (nSPS) is 10.0. The molecular weight excluding hydrogens is 149 g/mol. The third-order valence-electron chi connectivity index (χ3n) is 0.813. The lowest BCUT2D eigenvalue weighted by Crippen LogP contribution is -2.16. The van der Waals surface area contributed by atoms with Crippen LogP contribution in [0.4, 0.5) is 13.4 Å². The zero-order valence-electron chi connectivity index (χ0n) is 5.14. The predicted octanol–water partition coefficient (Wildman–Crippen LogP) is 0.790. The summed E-state index contributed by atoms with van der Waals surface area (Å²) in [6.45, 7) is -0.831. The van der Waals surface area contributed by atoms with E-state index in [9.17, 15) is 18.2 Å². The smallest absolute Gasteiger partial charge is 0.237 e. The first-order chi connectivity index (χ1) is 4.66. The van der Waals surface area contributed by atoms with Crippen LogP contribution in [0, 0.1) is 0 Å². The summed E-state index contributed by atoms with van der Waals surface area (Å²) in [5, 5.41) is -1.23. The Labute approximate surface area is 55.8 Å². The van der Waals surface area contributed by atoms with E-state index in [1.165, 1.54) is 0 Å². The van der Waals surface area contributed by atoms with Gasteiger partial charge in [0.25, 0.3) is 0 Å². The molecule has 10 heavy (non-hydrogen) atoms. The molecule has 0 spiro atoms. The molecule has 60 valence electrons. The molecule has 6 heteroatoms. The lowest BCUT2D eigenvalue weighted by Gasteiger charge is -2.03. The average molecular weight is 156 g/mol. The van der Waals surface area contributed by atoms with Gasteiger partial charge >= 0.3 is 0 Å². The van der Waals surface area contributed by atoms with Crippen molar-refractivity contribution >= 4 is 6.41 Å². The molecule has 0 aliphatic rings. The number of halogens is 3. The first-order valence-corrected chi connectivity index (χ1v) is 2.63. The Morgan fingerprint density at radius 3 is 2.20 bits per heavy atom. The third-order valence-corrected chi connectivity index (χ3v) is 0.813. The number of nitrogens with zero attached hydrogens (tertiary/aromatic N) is 2. The lowest BCUT2D eigenvalue weighted by atomic mass is 10.4. The Morgan fingerprint density at radius 2 is 1.80 bits per heavy atom. The van der Waals surface area contributed by atoms with E-state index in [-0.39, 0.29) is 24.5 Å². The van der Waals surface area contributed by atoms with Gasteiger partial charge in [-0.2, -0.15) is 5.12 Å². The Bertz CT molecular complexity index is 101. The number of hydrogen-bond donors (Lipinski definition) is 0. The first kappa shape index (κ1) is 9.22. The van der Waals surface area contributed by atoms with E-state index in [0.717, 1.165) is 0 Å². The molecule has 3 nitrogen and oxygen atoms in total. The molecule has 0 radical (unpaired) electrons. The van der Waals surface area contributed by atoms with E-state index in [1.54, 1.807) is 0 Å². The molecule has 0 aromatic rings. The molecule has 0 aliphatic heterocycles. The number of carbonyl (C=O) groups excluding carboxylic acids is 1. The van der Waals surface area contributed by atoms with Crippen LogP contribution in [0.5, 0.6) is 0 Å². The fourth-order valence-electron chi connectivity index (χ4n) is 0.394. The van der Waals surface area contributed by atoms with Gasteiger partial charge in [0.15, 0.2) is 0 Å². The van der Waals surface area contributed by atoms with Crippen molar-refractivity contribution < 1.29 is 18.2 Å². The highest BCUT2D eigenvalue weighted by molar-refractivity contribution is 5.44.